The van der Waals surface area contributed by atoms with E-state index < -0.39 is 29.1 Å². The molecular weight excluding hydrogens is 516 g/mol. The molecule has 2 N–H and O–H groups in total. The van der Waals surface area contributed by atoms with Gasteiger partial charge in [0, 0.05) is 24.4 Å². The summed E-state index contributed by atoms with van der Waals surface area (Å²) in [5, 5.41) is 13.5. The minimum atomic E-state index is -4.56. The molecule has 4 heterocycles. The number of pyridine rings is 1. The number of carbonyl (C=O) groups is 1. The number of hydrogen-bond acceptors (Lipinski definition) is 6. The summed E-state index contributed by atoms with van der Waals surface area (Å²) in [7, 11) is 0. The standard InChI is InChI=1S/C27H26F4N6O2/c1-26(2,27(29,30)31)22-13-24(36-39-22)35-25(38)12-17-7-6-16(11-19(17)28)18-8-9-23(32-14-18)34-20-15-33-37-10-4-3-5-21(20)37/h6-9,11,13-15H,3-5,10,12H2,1-2H3,(H,32,34)(H,35,36,38). The second-order valence-corrected chi connectivity index (χ2v) is 9.97. The number of halogens is 4. The van der Waals surface area contributed by atoms with Crippen molar-refractivity contribution in [3.05, 3.63) is 71.6 Å². The van der Waals surface area contributed by atoms with Gasteiger partial charge in [0.1, 0.15) is 17.1 Å². The molecule has 4 aromatic rings. The maximum Gasteiger partial charge on any atom is 0.401 e. The van der Waals surface area contributed by atoms with Crippen LogP contribution in [0.1, 0.15) is 43.7 Å². The summed E-state index contributed by atoms with van der Waals surface area (Å²) >= 11 is 0. The van der Waals surface area contributed by atoms with Crippen LogP contribution in [0, 0.1) is 5.82 Å². The molecule has 0 saturated carbocycles. The summed E-state index contributed by atoms with van der Waals surface area (Å²) in [5.74, 6) is -1.23. The van der Waals surface area contributed by atoms with Crippen LogP contribution in [0.3, 0.4) is 0 Å². The number of rotatable bonds is 7. The van der Waals surface area contributed by atoms with Gasteiger partial charge in [0.2, 0.25) is 5.91 Å². The van der Waals surface area contributed by atoms with Crippen LogP contribution in [-0.2, 0) is 29.6 Å². The van der Waals surface area contributed by atoms with E-state index in [0.717, 1.165) is 57.1 Å². The van der Waals surface area contributed by atoms with Crippen LogP contribution in [-0.4, -0.2) is 32.0 Å². The average molecular weight is 543 g/mol. The number of alkyl halides is 3. The minimum absolute atomic E-state index is 0.118. The molecule has 0 aliphatic carbocycles. The van der Waals surface area contributed by atoms with Crippen molar-refractivity contribution in [3.63, 3.8) is 0 Å². The number of aromatic nitrogens is 4. The van der Waals surface area contributed by atoms with E-state index in [9.17, 15) is 22.4 Å². The van der Waals surface area contributed by atoms with Crippen molar-refractivity contribution in [1.29, 1.82) is 0 Å². The molecule has 0 saturated heterocycles. The first-order valence-corrected chi connectivity index (χ1v) is 12.4. The predicted octanol–water partition coefficient (Wildman–Crippen LogP) is 6.17. The monoisotopic (exact) mass is 542 g/mol. The Balaban J connectivity index is 1.22. The van der Waals surface area contributed by atoms with Crippen LogP contribution in [0.15, 0.2) is 53.3 Å². The summed E-state index contributed by atoms with van der Waals surface area (Å²) in [4.78, 5) is 16.8. The summed E-state index contributed by atoms with van der Waals surface area (Å²) in [6, 6.07) is 9.09. The van der Waals surface area contributed by atoms with Gasteiger partial charge in [0.05, 0.1) is 24.0 Å². The van der Waals surface area contributed by atoms with Crippen LogP contribution in [0.25, 0.3) is 11.1 Å². The van der Waals surface area contributed by atoms with Gasteiger partial charge in [-0.3, -0.25) is 9.48 Å². The molecule has 0 atom stereocenters. The number of nitrogens with zero attached hydrogens (tertiary/aromatic N) is 4. The zero-order chi connectivity index (χ0) is 27.8. The largest absolute Gasteiger partial charge is 0.401 e. The molecule has 0 radical (unpaired) electrons. The van der Waals surface area contributed by atoms with E-state index in [-0.39, 0.29) is 17.8 Å². The van der Waals surface area contributed by atoms with E-state index in [1.165, 1.54) is 12.1 Å². The number of hydrogen-bond donors (Lipinski definition) is 2. The van der Waals surface area contributed by atoms with Crippen molar-refractivity contribution in [3.8, 4) is 11.1 Å². The third-order valence-corrected chi connectivity index (χ3v) is 6.85. The Kier molecular flexibility index (Phi) is 6.87. The lowest BCUT2D eigenvalue weighted by molar-refractivity contribution is -0.185. The Morgan fingerprint density at radius 2 is 1.85 bits per heavy atom. The SMILES string of the molecule is CC(C)(c1cc(NC(=O)Cc2ccc(-c3ccc(Nc4cnn5c4CCCC5)nc3)cc2F)no1)C(F)(F)F. The molecule has 1 aliphatic rings. The molecule has 39 heavy (non-hydrogen) atoms. The first-order chi connectivity index (χ1) is 18.5. The van der Waals surface area contributed by atoms with E-state index in [0.29, 0.717) is 16.9 Å². The fourth-order valence-corrected chi connectivity index (χ4v) is 4.30. The highest BCUT2D eigenvalue weighted by Gasteiger charge is 2.51. The lowest BCUT2D eigenvalue weighted by atomic mass is 9.89. The highest BCUT2D eigenvalue weighted by molar-refractivity contribution is 5.91. The summed E-state index contributed by atoms with van der Waals surface area (Å²) < 4.78 is 61.2. The molecule has 204 valence electrons. The van der Waals surface area contributed by atoms with E-state index in [2.05, 4.69) is 25.9 Å². The van der Waals surface area contributed by atoms with Gasteiger partial charge in [0.25, 0.3) is 0 Å². The number of fused-ring (bicyclic) bond motifs is 1. The van der Waals surface area contributed by atoms with Gasteiger partial charge in [0.15, 0.2) is 11.6 Å². The fraction of sp³-hybridized carbons (Fsp3) is 0.333. The molecule has 3 aromatic heterocycles. The molecule has 12 heteroatoms. The molecule has 8 nitrogen and oxygen atoms in total. The van der Waals surface area contributed by atoms with Gasteiger partial charge < -0.3 is 15.2 Å². The Morgan fingerprint density at radius 1 is 1.05 bits per heavy atom. The topological polar surface area (TPSA) is 97.9 Å². The van der Waals surface area contributed by atoms with Crippen molar-refractivity contribution in [2.75, 3.05) is 10.6 Å². The predicted molar refractivity (Wildman–Crippen MR) is 136 cm³/mol. The number of benzene rings is 1. The van der Waals surface area contributed by atoms with Gasteiger partial charge in [-0.2, -0.15) is 18.3 Å². The zero-order valence-corrected chi connectivity index (χ0v) is 21.3. The lowest BCUT2D eigenvalue weighted by Gasteiger charge is -2.24. The molecule has 0 bridgehead atoms. The zero-order valence-electron chi connectivity index (χ0n) is 21.3. The molecule has 0 fully saturated rings. The first-order valence-electron chi connectivity index (χ1n) is 12.4. The third kappa shape index (κ3) is 5.50. The van der Waals surface area contributed by atoms with Crippen molar-refractivity contribution < 1.29 is 26.9 Å². The highest BCUT2D eigenvalue weighted by Crippen LogP contribution is 2.41. The second kappa shape index (κ2) is 10.2. The van der Waals surface area contributed by atoms with Gasteiger partial charge >= 0.3 is 6.18 Å². The van der Waals surface area contributed by atoms with Gasteiger partial charge in [-0.15, -0.1) is 0 Å². The quantitative estimate of drug-likeness (QED) is 0.271. The Labute approximate surface area is 221 Å². The van der Waals surface area contributed by atoms with Crippen molar-refractivity contribution in [2.45, 2.75) is 57.7 Å². The molecule has 1 amide bonds. The highest BCUT2D eigenvalue weighted by atomic mass is 19.4. The van der Waals surface area contributed by atoms with E-state index in [1.807, 2.05) is 10.7 Å². The first kappa shape index (κ1) is 26.4. The van der Waals surface area contributed by atoms with E-state index >= 15 is 0 Å². The average Bonchev–Trinajstić information content (AvgIpc) is 3.53. The maximum absolute atomic E-state index is 14.8. The van der Waals surface area contributed by atoms with Crippen molar-refractivity contribution in [1.82, 2.24) is 19.9 Å². The molecule has 0 unspecified atom stereocenters. The molecule has 0 spiro atoms. The fourth-order valence-electron chi connectivity index (χ4n) is 4.30. The number of amides is 1. The second-order valence-electron chi connectivity index (χ2n) is 9.97. The van der Waals surface area contributed by atoms with Crippen molar-refractivity contribution in [2.24, 2.45) is 0 Å². The number of anilines is 3. The molecular formula is C27H26F4N6O2. The van der Waals surface area contributed by atoms with Gasteiger partial charge in [-0.25, -0.2) is 9.37 Å². The van der Waals surface area contributed by atoms with E-state index in [4.69, 9.17) is 4.52 Å². The molecule has 1 aromatic carbocycles. The van der Waals surface area contributed by atoms with Crippen LogP contribution < -0.4 is 10.6 Å². The third-order valence-electron chi connectivity index (χ3n) is 6.85. The Hall–Kier alpha value is -4.22. The van der Waals surface area contributed by atoms with Gasteiger partial charge in [-0.05, 0) is 62.4 Å². The Bertz CT molecular complexity index is 1490. The molecule has 5 rings (SSSR count). The van der Waals surface area contributed by atoms with Gasteiger partial charge in [-0.1, -0.05) is 17.3 Å². The van der Waals surface area contributed by atoms with E-state index in [1.54, 1.807) is 24.5 Å². The maximum atomic E-state index is 14.8. The number of aryl methyl sites for hydroxylation is 1. The lowest BCUT2D eigenvalue weighted by Crippen LogP contribution is -2.35. The van der Waals surface area contributed by atoms with Crippen LogP contribution in [0.5, 0.6) is 0 Å². The number of nitrogens with one attached hydrogen (secondary N) is 2. The summed E-state index contributed by atoms with van der Waals surface area (Å²) in [6.07, 6.45) is 1.72. The summed E-state index contributed by atoms with van der Waals surface area (Å²) in [6.45, 7) is 2.80. The van der Waals surface area contributed by atoms with Crippen LogP contribution in [0.2, 0.25) is 0 Å². The smallest absolute Gasteiger partial charge is 0.358 e. The molecule has 1 aliphatic heterocycles. The van der Waals surface area contributed by atoms with Crippen LogP contribution in [0.4, 0.5) is 34.9 Å². The Morgan fingerprint density at radius 3 is 2.56 bits per heavy atom. The normalized spacial score (nSPS) is 13.7. The van der Waals surface area contributed by atoms with Crippen molar-refractivity contribution >= 4 is 23.2 Å². The number of carbonyl (C=O) groups excluding carboxylic acids is 1. The minimum Gasteiger partial charge on any atom is -0.358 e. The summed E-state index contributed by atoms with van der Waals surface area (Å²) in [5.41, 5.74) is 1.18. The van der Waals surface area contributed by atoms with Crippen LogP contribution >= 0.6 is 0 Å².